The minimum atomic E-state index is -0.199. The smallest absolute Gasteiger partial charge is 0.137 e. The molecule has 0 unspecified atom stereocenters. The maximum Gasteiger partial charge on any atom is 0.137 e. The Kier molecular flexibility index (Phi) is 4.90. The maximum atomic E-state index is 13.4. The van der Waals surface area contributed by atoms with Crippen molar-refractivity contribution in [1.29, 1.82) is 0 Å². The number of nitrogens with zero attached hydrogens (tertiary/aromatic N) is 3. The molecule has 2 aromatic rings. The Hall–Kier alpha value is -2.73. The first-order chi connectivity index (χ1) is 13.1. The van der Waals surface area contributed by atoms with Gasteiger partial charge in [0, 0.05) is 30.9 Å². The molecule has 27 heavy (non-hydrogen) atoms. The second kappa shape index (κ2) is 7.48. The lowest BCUT2D eigenvalue weighted by Crippen LogP contribution is -2.36. The normalized spacial score (nSPS) is 20.2. The zero-order valence-corrected chi connectivity index (χ0v) is 15.6. The molecule has 140 valence electrons. The molecule has 1 N–H and O–H groups in total. The first-order valence-electron chi connectivity index (χ1n) is 9.26. The standard InChI is InChI=1S/C21H23FN4O/c1-14(2)27-12-11-26-13-25-19(15-3-5-16(22)6-4-15)20(26)17-7-9-23-21-18(17)8-10-24-21/h3,5-6,8-10,13-14,24H,4,7,11-12H2,1-2H3. The van der Waals surface area contributed by atoms with E-state index in [1.807, 2.05) is 44.7 Å². The van der Waals surface area contributed by atoms with Gasteiger partial charge >= 0.3 is 0 Å². The van der Waals surface area contributed by atoms with Gasteiger partial charge in [0.25, 0.3) is 0 Å². The summed E-state index contributed by atoms with van der Waals surface area (Å²) in [6, 6.07) is 2.05. The van der Waals surface area contributed by atoms with Crippen LogP contribution < -0.4 is 10.7 Å². The second-order valence-corrected chi connectivity index (χ2v) is 6.94. The summed E-state index contributed by atoms with van der Waals surface area (Å²) in [7, 11) is 0. The average molecular weight is 366 g/mol. The summed E-state index contributed by atoms with van der Waals surface area (Å²) in [6.07, 6.45) is 12.0. The summed E-state index contributed by atoms with van der Waals surface area (Å²) in [6.45, 7) is 5.38. The number of fused-ring (bicyclic) bond motifs is 1. The van der Waals surface area contributed by atoms with E-state index in [2.05, 4.69) is 19.5 Å². The summed E-state index contributed by atoms with van der Waals surface area (Å²) < 4.78 is 21.3. The van der Waals surface area contributed by atoms with Crippen LogP contribution in [-0.4, -0.2) is 33.5 Å². The van der Waals surface area contributed by atoms with Crippen molar-refractivity contribution < 1.29 is 9.13 Å². The van der Waals surface area contributed by atoms with Crippen molar-refractivity contribution in [3.05, 3.63) is 58.9 Å². The third kappa shape index (κ3) is 3.57. The molecule has 0 saturated carbocycles. The van der Waals surface area contributed by atoms with Crippen LogP contribution in [0.1, 0.15) is 32.3 Å². The molecule has 2 aliphatic rings. The molecule has 3 heterocycles. The van der Waals surface area contributed by atoms with Crippen LogP contribution in [0.2, 0.25) is 0 Å². The Bertz CT molecular complexity index is 1050. The number of rotatable bonds is 4. The molecular formula is C21H23FN4O. The van der Waals surface area contributed by atoms with Gasteiger partial charge in [0.2, 0.25) is 0 Å². The zero-order chi connectivity index (χ0) is 18.8. The Labute approximate surface area is 157 Å². The Balaban J connectivity index is 1.90. The highest BCUT2D eigenvalue weighted by atomic mass is 19.1. The number of allylic oxidation sites excluding steroid dienone is 4. The van der Waals surface area contributed by atoms with E-state index in [0.717, 1.165) is 34.1 Å². The molecule has 2 aromatic heterocycles. The number of H-pyrrole nitrogens is 1. The Morgan fingerprint density at radius 3 is 2.96 bits per heavy atom. The molecular weight excluding hydrogens is 343 g/mol. The molecule has 0 amide bonds. The van der Waals surface area contributed by atoms with Gasteiger partial charge in [-0.25, -0.2) is 14.4 Å². The number of halogens is 1. The molecule has 0 saturated heterocycles. The predicted octanol–water partition coefficient (Wildman–Crippen LogP) is 2.91. The summed E-state index contributed by atoms with van der Waals surface area (Å²) in [4.78, 5) is 12.3. The van der Waals surface area contributed by atoms with Crippen molar-refractivity contribution in [3.8, 4) is 0 Å². The van der Waals surface area contributed by atoms with Crippen LogP contribution in [0.4, 0.5) is 10.2 Å². The highest BCUT2D eigenvalue weighted by Crippen LogP contribution is 2.28. The van der Waals surface area contributed by atoms with Crippen molar-refractivity contribution in [2.45, 2.75) is 39.3 Å². The van der Waals surface area contributed by atoms with Crippen molar-refractivity contribution in [1.82, 2.24) is 14.5 Å². The molecule has 1 aliphatic heterocycles. The minimum absolute atomic E-state index is 0.186. The first kappa shape index (κ1) is 17.7. The molecule has 0 radical (unpaired) electrons. The van der Waals surface area contributed by atoms with Crippen LogP contribution in [0.5, 0.6) is 0 Å². The number of imidazole rings is 1. The molecule has 0 spiro atoms. The van der Waals surface area contributed by atoms with E-state index in [0.29, 0.717) is 19.6 Å². The highest BCUT2D eigenvalue weighted by molar-refractivity contribution is 5.88. The topological polar surface area (TPSA) is 55.2 Å². The lowest BCUT2D eigenvalue weighted by molar-refractivity contribution is 0.0723. The monoisotopic (exact) mass is 366 g/mol. The van der Waals surface area contributed by atoms with Crippen LogP contribution >= 0.6 is 0 Å². The van der Waals surface area contributed by atoms with Crippen molar-refractivity contribution in [2.24, 2.45) is 4.99 Å². The summed E-state index contributed by atoms with van der Waals surface area (Å²) in [5, 5.41) is 1.96. The average Bonchev–Trinajstić information content (AvgIpc) is 3.29. The number of hydrogen-bond acceptors (Lipinski definition) is 3. The van der Waals surface area contributed by atoms with Crippen molar-refractivity contribution >= 4 is 23.2 Å². The quantitative estimate of drug-likeness (QED) is 0.905. The van der Waals surface area contributed by atoms with Gasteiger partial charge < -0.3 is 14.3 Å². The van der Waals surface area contributed by atoms with Gasteiger partial charge in [-0.15, -0.1) is 0 Å². The lowest BCUT2D eigenvalue weighted by atomic mass is 10.0. The predicted molar refractivity (Wildman–Crippen MR) is 105 cm³/mol. The van der Waals surface area contributed by atoms with Gasteiger partial charge in [-0.3, -0.25) is 0 Å². The molecule has 5 nitrogen and oxygen atoms in total. The number of hydrogen-bond donors (Lipinski definition) is 1. The van der Waals surface area contributed by atoms with Gasteiger partial charge in [-0.1, -0.05) is 6.08 Å². The summed E-state index contributed by atoms with van der Waals surface area (Å²) in [5.41, 5.74) is 3.28. The van der Waals surface area contributed by atoms with E-state index in [-0.39, 0.29) is 11.9 Å². The third-order valence-electron chi connectivity index (χ3n) is 4.74. The maximum absolute atomic E-state index is 13.4. The van der Waals surface area contributed by atoms with Gasteiger partial charge in [0.1, 0.15) is 11.6 Å². The van der Waals surface area contributed by atoms with Crippen LogP contribution in [0.25, 0.3) is 11.1 Å². The SMILES string of the molecule is CC(C)OCCn1cnc(=C2C=CC(F)=CC2)c1=C1CC=Nc2[nH]ccc21. The molecule has 0 atom stereocenters. The number of nitrogens with one attached hydrogen (secondary N) is 1. The number of aromatic amines is 1. The van der Waals surface area contributed by atoms with Gasteiger partial charge in [-0.2, -0.15) is 0 Å². The van der Waals surface area contributed by atoms with Gasteiger partial charge in [-0.05, 0) is 49.6 Å². The van der Waals surface area contributed by atoms with E-state index in [1.54, 1.807) is 6.08 Å². The van der Waals surface area contributed by atoms with E-state index in [4.69, 9.17) is 4.74 Å². The van der Waals surface area contributed by atoms with Gasteiger partial charge in [0.05, 0.1) is 29.7 Å². The Morgan fingerprint density at radius 2 is 2.19 bits per heavy atom. The fourth-order valence-electron chi connectivity index (χ4n) is 3.46. The number of aromatic nitrogens is 3. The largest absolute Gasteiger partial charge is 0.377 e. The molecule has 1 aliphatic carbocycles. The lowest BCUT2D eigenvalue weighted by Gasteiger charge is -2.13. The summed E-state index contributed by atoms with van der Waals surface area (Å²) >= 11 is 0. The van der Waals surface area contributed by atoms with Gasteiger partial charge in [0.15, 0.2) is 0 Å². The van der Waals surface area contributed by atoms with Crippen LogP contribution in [0.15, 0.2) is 47.6 Å². The summed E-state index contributed by atoms with van der Waals surface area (Å²) in [5.74, 6) is 0.666. The highest BCUT2D eigenvalue weighted by Gasteiger charge is 2.17. The fraction of sp³-hybridized carbons (Fsp3) is 0.333. The minimum Gasteiger partial charge on any atom is -0.377 e. The fourth-order valence-corrected chi connectivity index (χ4v) is 3.46. The van der Waals surface area contributed by atoms with E-state index in [9.17, 15) is 4.39 Å². The van der Waals surface area contributed by atoms with E-state index >= 15 is 0 Å². The first-order valence-corrected chi connectivity index (χ1v) is 9.26. The second-order valence-electron chi connectivity index (χ2n) is 6.94. The zero-order valence-electron chi connectivity index (χ0n) is 15.6. The third-order valence-corrected chi connectivity index (χ3v) is 4.74. The van der Waals surface area contributed by atoms with E-state index < -0.39 is 0 Å². The molecule has 4 rings (SSSR count). The van der Waals surface area contributed by atoms with E-state index in [1.165, 1.54) is 11.6 Å². The molecule has 0 bridgehead atoms. The van der Waals surface area contributed by atoms with Crippen LogP contribution in [0, 0.1) is 0 Å². The van der Waals surface area contributed by atoms with Crippen LogP contribution in [-0.2, 0) is 11.3 Å². The van der Waals surface area contributed by atoms with Crippen LogP contribution in [0.3, 0.4) is 0 Å². The molecule has 6 heteroatoms. The Morgan fingerprint density at radius 1 is 1.30 bits per heavy atom. The van der Waals surface area contributed by atoms with Crippen molar-refractivity contribution in [3.63, 3.8) is 0 Å². The van der Waals surface area contributed by atoms with Crippen molar-refractivity contribution in [2.75, 3.05) is 6.61 Å². The number of aliphatic imine (C=N–C) groups is 1. The molecule has 0 fully saturated rings. The molecule has 0 aromatic carbocycles. The number of ether oxygens (including phenoxy) is 1.